The van der Waals surface area contributed by atoms with Crippen LogP contribution in [0, 0.1) is 0 Å². The summed E-state index contributed by atoms with van der Waals surface area (Å²) >= 11 is 1.75. The zero-order chi connectivity index (χ0) is 13.0. The lowest BCUT2D eigenvalue weighted by Crippen LogP contribution is -2.35. The molecule has 0 fully saturated rings. The molecule has 0 aromatic heterocycles. The van der Waals surface area contributed by atoms with Gasteiger partial charge in [-0.05, 0) is 43.7 Å². The fourth-order valence-electron chi connectivity index (χ4n) is 2.32. The van der Waals surface area contributed by atoms with Gasteiger partial charge >= 0.3 is 0 Å². The summed E-state index contributed by atoms with van der Waals surface area (Å²) in [7, 11) is 0. The number of anilines is 1. The van der Waals surface area contributed by atoms with Gasteiger partial charge in [0, 0.05) is 29.6 Å². The largest absolute Gasteiger partial charge is 0.385 e. The Hall–Kier alpha value is -1.16. The van der Waals surface area contributed by atoms with Crippen LogP contribution in [0.1, 0.15) is 29.3 Å². The molecule has 0 aliphatic carbocycles. The Morgan fingerprint density at radius 1 is 1.56 bits per heavy atom. The van der Waals surface area contributed by atoms with E-state index >= 15 is 0 Å². The van der Waals surface area contributed by atoms with Crippen LogP contribution in [-0.2, 0) is 6.42 Å². The van der Waals surface area contributed by atoms with E-state index in [0.29, 0.717) is 0 Å². The lowest BCUT2D eigenvalue weighted by atomic mass is 9.97. The third-order valence-electron chi connectivity index (χ3n) is 3.13. The Bertz CT molecular complexity index is 434. The van der Waals surface area contributed by atoms with E-state index in [1.54, 1.807) is 11.8 Å². The Morgan fingerprint density at radius 2 is 2.39 bits per heavy atom. The molecule has 1 aliphatic rings. The van der Waals surface area contributed by atoms with E-state index in [9.17, 15) is 4.79 Å². The number of carbonyl (C=O) groups is 1. The van der Waals surface area contributed by atoms with Gasteiger partial charge in [-0.3, -0.25) is 4.79 Å². The Kier molecular flexibility index (Phi) is 4.53. The first-order valence-electron chi connectivity index (χ1n) is 6.38. The van der Waals surface area contributed by atoms with E-state index in [-0.39, 0.29) is 11.9 Å². The molecule has 98 valence electrons. The van der Waals surface area contributed by atoms with Crippen molar-refractivity contribution in [3.63, 3.8) is 0 Å². The summed E-state index contributed by atoms with van der Waals surface area (Å²) in [6, 6.07) is 6.13. The minimum Gasteiger partial charge on any atom is -0.385 e. The summed E-state index contributed by atoms with van der Waals surface area (Å²) < 4.78 is 0. The Morgan fingerprint density at radius 3 is 3.17 bits per heavy atom. The van der Waals surface area contributed by atoms with Gasteiger partial charge < -0.3 is 10.6 Å². The van der Waals surface area contributed by atoms with Crippen LogP contribution in [-0.4, -0.2) is 30.5 Å². The second kappa shape index (κ2) is 6.14. The topological polar surface area (TPSA) is 41.1 Å². The van der Waals surface area contributed by atoms with Crippen molar-refractivity contribution in [1.82, 2.24) is 5.32 Å². The predicted molar refractivity (Wildman–Crippen MR) is 78.6 cm³/mol. The maximum atomic E-state index is 12.3. The van der Waals surface area contributed by atoms with Crippen molar-refractivity contribution in [1.29, 1.82) is 0 Å². The molecule has 3 nitrogen and oxygen atoms in total. The van der Waals surface area contributed by atoms with Gasteiger partial charge in [0.15, 0.2) is 0 Å². The highest BCUT2D eigenvalue weighted by molar-refractivity contribution is 7.98. The molecule has 0 radical (unpaired) electrons. The predicted octanol–water partition coefficient (Wildman–Crippen LogP) is 2.53. The quantitative estimate of drug-likeness (QED) is 0.878. The fraction of sp³-hybridized carbons (Fsp3) is 0.500. The molecule has 1 aromatic rings. The third kappa shape index (κ3) is 2.99. The first-order valence-corrected chi connectivity index (χ1v) is 7.77. The molecule has 2 N–H and O–H groups in total. The summed E-state index contributed by atoms with van der Waals surface area (Å²) in [5, 5.41) is 6.41. The molecule has 1 amide bonds. The molecule has 18 heavy (non-hydrogen) atoms. The monoisotopic (exact) mass is 264 g/mol. The molecule has 1 aromatic carbocycles. The molecular formula is C14H20N2OS. The van der Waals surface area contributed by atoms with Crippen LogP contribution < -0.4 is 10.6 Å². The molecule has 0 saturated carbocycles. The minimum atomic E-state index is 0.0529. The fourth-order valence-corrected chi connectivity index (χ4v) is 2.90. The van der Waals surface area contributed by atoms with Crippen LogP contribution in [0.2, 0.25) is 0 Å². The molecule has 0 saturated heterocycles. The summed E-state index contributed by atoms with van der Waals surface area (Å²) in [4.78, 5) is 12.3. The SMILES string of the molecule is CSCC(C)NC(=O)c1cccc2c1CCCN2. The van der Waals surface area contributed by atoms with E-state index in [2.05, 4.69) is 23.0 Å². The molecule has 1 atom stereocenters. The van der Waals surface area contributed by atoms with Crippen LogP contribution >= 0.6 is 11.8 Å². The van der Waals surface area contributed by atoms with E-state index in [1.165, 1.54) is 0 Å². The maximum Gasteiger partial charge on any atom is 0.251 e. The number of amides is 1. The van der Waals surface area contributed by atoms with Crippen molar-refractivity contribution in [3.8, 4) is 0 Å². The number of thioether (sulfide) groups is 1. The molecule has 2 rings (SSSR count). The van der Waals surface area contributed by atoms with Crippen molar-refractivity contribution in [2.24, 2.45) is 0 Å². The second-order valence-electron chi connectivity index (χ2n) is 4.69. The number of fused-ring (bicyclic) bond motifs is 1. The van der Waals surface area contributed by atoms with Gasteiger partial charge in [-0.25, -0.2) is 0 Å². The van der Waals surface area contributed by atoms with E-state index < -0.39 is 0 Å². The lowest BCUT2D eigenvalue weighted by Gasteiger charge is -2.21. The second-order valence-corrected chi connectivity index (χ2v) is 5.60. The third-order valence-corrected chi connectivity index (χ3v) is 3.97. The van der Waals surface area contributed by atoms with Crippen molar-refractivity contribution >= 4 is 23.4 Å². The van der Waals surface area contributed by atoms with Gasteiger partial charge in [0.25, 0.3) is 5.91 Å². The van der Waals surface area contributed by atoms with Crippen LogP contribution in [0.5, 0.6) is 0 Å². The van der Waals surface area contributed by atoms with Crippen LogP contribution in [0.15, 0.2) is 18.2 Å². The van der Waals surface area contributed by atoms with Crippen molar-refractivity contribution in [2.45, 2.75) is 25.8 Å². The molecular weight excluding hydrogens is 244 g/mol. The first kappa shape index (κ1) is 13.3. The van der Waals surface area contributed by atoms with Crippen LogP contribution in [0.3, 0.4) is 0 Å². The zero-order valence-corrected chi connectivity index (χ0v) is 11.8. The normalized spacial score (nSPS) is 15.4. The van der Waals surface area contributed by atoms with Crippen LogP contribution in [0.4, 0.5) is 5.69 Å². The van der Waals surface area contributed by atoms with E-state index in [4.69, 9.17) is 0 Å². The van der Waals surface area contributed by atoms with Gasteiger partial charge in [0.2, 0.25) is 0 Å². The summed E-state index contributed by atoms with van der Waals surface area (Å²) in [5.41, 5.74) is 3.11. The Labute approximate surface area is 113 Å². The standard InChI is InChI=1S/C14H20N2OS/c1-10(9-18-2)16-14(17)12-5-3-7-13-11(12)6-4-8-15-13/h3,5,7,10,15H,4,6,8-9H2,1-2H3,(H,16,17). The van der Waals surface area contributed by atoms with Gasteiger partial charge in [0.05, 0.1) is 0 Å². The molecule has 1 heterocycles. The summed E-state index contributed by atoms with van der Waals surface area (Å²) in [6.45, 7) is 3.04. The highest BCUT2D eigenvalue weighted by Gasteiger charge is 2.18. The number of hydrogen-bond donors (Lipinski definition) is 2. The van der Waals surface area contributed by atoms with Gasteiger partial charge in [-0.1, -0.05) is 6.07 Å². The highest BCUT2D eigenvalue weighted by Crippen LogP contribution is 2.25. The summed E-state index contributed by atoms with van der Waals surface area (Å²) in [6.07, 6.45) is 4.14. The number of benzene rings is 1. The highest BCUT2D eigenvalue weighted by atomic mass is 32.2. The maximum absolute atomic E-state index is 12.3. The minimum absolute atomic E-state index is 0.0529. The molecule has 1 aliphatic heterocycles. The first-order chi connectivity index (χ1) is 8.72. The Balaban J connectivity index is 2.15. The van der Waals surface area contributed by atoms with Crippen LogP contribution in [0.25, 0.3) is 0 Å². The van der Waals surface area contributed by atoms with Crippen molar-refractivity contribution in [2.75, 3.05) is 23.9 Å². The van der Waals surface area contributed by atoms with Crippen molar-refractivity contribution in [3.05, 3.63) is 29.3 Å². The average Bonchev–Trinajstić information content (AvgIpc) is 2.38. The number of rotatable bonds is 4. The zero-order valence-electron chi connectivity index (χ0n) is 11.0. The van der Waals surface area contributed by atoms with E-state index in [1.807, 2.05) is 19.1 Å². The van der Waals surface area contributed by atoms with Gasteiger partial charge in [-0.15, -0.1) is 0 Å². The molecule has 0 bridgehead atoms. The molecule has 4 heteroatoms. The summed E-state index contributed by atoms with van der Waals surface area (Å²) in [5.74, 6) is 0.996. The van der Waals surface area contributed by atoms with Gasteiger partial charge in [-0.2, -0.15) is 11.8 Å². The average molecular weight is 264 g/mol. The molecule has 0 spiro atoms. The van der Waals surface area contributed by atoms with E-state index in [0.717, 1.165) is 42.0 Å². The van der Waals surface area contributed by atoms with Crippen molar-refractivity contribution < 1.29 is 4.79 Å². The number of nitrogens with one attached hydrogen (secondary N) is 2. The van der Waals surface area contributed by atoms with Gasteiger partial charge in [0.1, 0.15) is 0 Å². The number of hydrogen-bond acceptors (Lipinski definition) is 3. The lowest BCUT2D eigenvalue weighted by molar-refractivity contribution is 0.0943. The molecule has 1 unspecified atom stereocenters. The smallest absolute Gasteiger partial charge is 0.251 e. The number of carbonyl (C=O) groups excluding carboxylic acids is 1.